The third-order valence-corrected chi connectivity index (χ3v) is 0.757. The van der Waals surface area contributed by atoms with Crippen LogP contribution >= 0.6 is 0 Å². The maximum atomic E-state index is 9.81. The zero-order valence-corrected chi connectivity index (χ0v) is 6.19. The van der Waals surface area contributed by atoms with Crippen LogP contribution in [0.25, 0.3) is 0 Å². The molecular formula is C4H9NO2Rh. The van der Waals surface area contributed by atoms with Crippen molar-refractivity contribution in [1.82, 2.24) is 0 Å². The molecule has 1 radical (unpaired) electrons. The minimum atomic E-state index is -0.928. The molecule has 4 heteroatoms. The second-order valence-corrected chi connectivity index (χ2v) is 1.35. The van der Waals surface area contributed by atoms with Gasteiger partial charge in [-0.1, -0.05) is 6.92 Å². The Morgan fingerprint density at radius 1 is 1.88 bits per heavy atom. The van der Waals surface area contributed by atoms with Crippen molar-refractivity contribution in [3.63, 3.8) is 0 Å². The number of aliphatic carboxylic acids is 1. The van der Waals surface area contributed by atoms with Gasteiger partial charge in [0.1, 0.15) is 6.04 Å². The largest absolute Gasteiger partial charge is 0.480 e. The third-order valence-electron chi connectivity index (χ3n) is 0.757. The molecule has 0 bridgehead atoms. The number of rotatable bonds is 2. The zero-order valence-electron chi connectivity index (χ0n) is 4.55. The number of carbonyl (C=O) groups is 1. The van der Waals surface area contributed by atoms with Gasteiger partial charge in [0.2, 0.25) is 0 Å². The van der Waals surface area contributed by atoms with E-state index in [1.807, 2.05) is 0 Å². The molecule has 0 aliphatic heterocycles. The molecule has 3 N–H and O–H groups in total. The number of hydrogen-bond acceptors (Lipinski definition) is 2. The Kier molecular flexibility index (Phi) is 7.10. The Hall–Kier alpha value is 0.0534. The third kappa shape index (κ3) is 4.22. The van der Waals surface area contributed by atoms with Gasteiger partial charge in [0.15, 0.2) is 0 Å². The topological polar surface area (TPSA) is 63.3 Å². The van der Waals surface area contributed by atoms with Gasteiger partial charge in [0.05, 0.1) is 0 Å². The van der Waals surface area contributed by atoms with E-state index >= 15 is 0 Å². The molecule has 0 rings (SSSR count). The SMILES string of the molecule is CCC(N)C(=O)O.[Rh]. The van der Waals surface area contributed by atoms with E-state index < -0.39 is 12.0 Å². The van der Waals surface area contributed by atoms with E-state index in [-0.39, 0.29) is 19.5 Å². The summed E-state index contributed by atoms with van der Waals surface area (Å²) in [6.07, 6.45) is 0.495. The minimum Gasteiger partial charge on any atom is -0.480 e. The van der Waals surface area contributed by atoms with E-state index in [1.165, 1.54) is 0 Å². The van der Waals surface area contributed by atoms with Gasteiger partial charge in [0.25, 0.3) is 0 Å². The van der Waals surface area contributed by atoms with Gasteiger partial charge in [-0.15, -0.1) is 0 Å². The van der Waals surface area contributed by atoms with Crippen LogP contribution in [0.1, 0.15) is 13.3 Å². The Bertz CT molecular complexity index is 76.4. The standard InChI is InChI=1S/C4H9NO2.Rh/c1-2-3(5)4(6)7;/h3H,2,5H2,1H3,(H,6,7);. The predicted octanol–water partition coefficient (Wildman–Crippen LogP) is -0.194. The van der Waals surface area contributed by atoms with E-state index in [0.717, 1.165) is 0 Å². The Morgan fingerprint density at radius 2 is 2.25 bits per heavy atom. The van der Waals surface area contributed by atoms with Crippen LogP contribution < -0.4 is 5.73 Å². The van der Waals surface area contributed by atoms with E-state index in [1.54, 1.807) is 6.92 Å². The van der Waals surface area contributed by atoms with Gasteiger partial charge in [0, 0.05) is 19.5 Å². The van der Waals surface area contributed by atoms with Crippen molar-refractivity contribution < 1.29 is 29.4 Å². The Balaban J connectivity index is 0. The van der Waals surface area contributed by atoms with Crippen molar-refractivity contribution >= 4 is 5.97 Å². The molecule has 1 unspecified atom stereocenters. The van der Waals surface area contributed by atoms with Crippen molar-refractivity contribution in [2.75, 3.05) is 0 Å². The second-order valence-electron chi connectivity index (χ2n) is 1.35. The molecule has 1 atom stereocenters. The number of carboxylic acid groups (broad SMARTS) is 1. The summed E-state index contributed by atoms with van der Waals surface area (Å²) in [4.78, 5) is 9.81. The van der Waals surface area contributed by atoms with Crippen LogP contribution in [-0.4, -0.2) is 17.1 Å². The van der Waals surface area contributed by atoms with Gasteiger partial charge in [-0.05, 0) is 6.42 Å². The molecule has 0 amide bonds. The first-order valence-electron chi connectivity index (χ1n) is 2.17. The summed E-state index contributed by atoms with van der Waals surface area (Å²) in [5, 5.41) is 8.06. The fraction of sp³-hybridized carbons (Fsp3) is 0.750. The summed E-state index contributed by atoms with van der Waals surface area (Å²) in [5.41, 5.74) is 5.02. The molecular weight excluding hydrogens is 197 g/mol. The smallest absolute Gasteiger partial charge is 0.320 e. The van der Waals surface area contributed by atoms with Crippen LogP contribution in [0, 0.1) is 0 Å². The van der Waals surface area contributed by atoms with Crippen molar-refractivity contribution in [3.05, 3.63) is 0 Å². The summed E-state index contributed by atoms with van der Waals surface area (Å²) in [6.45, 7) is 1.73. The van der Waals surface area contributed by atoms with Crippen LogP contribution in [0.4, 0.5) is 0 Å². The normalized spacial score (nSPS) is 11.8. The summed E-state index contributed by atoms with van der Waals surface area (Å²) in [5.74, 6) is -0.928. The maximum Gasteiger partial charge on any atom is 0.320 e. The number of hydrogen-bond donors (Lipinski definition) is 2. The molecule has 0 fully saturated rings. The molecule has 0 aliphatic carbocycles. The predicted molar refractivity (Wildman–Crippen MR) is 25.9 cm³/mol. The number of carboxylic acids is 1. The fourth-order valence-electron chi connectivity index (χ4n) is 0.175. The maximum absolute atomic E-state index is 9.81. The van der Waals surface area contributed by atoms with Gasteiger partial charge < -0.3 is 10.8 Å². The van der Waals surface area contributed by atoms with Crippen molar-refractivity contribution in [2.24, 2.45) is 5.73 Å². The molecule has 0 aromatic carbocycles. The van der Waals surface area contributed by atoms with E-state index in [4.69, 9.17) is 10.8 Å². The average molecular weight is 206 g/mol. The first-order chi connectivity index (χ1) is 3.18. The molecule has 8 heavy (non-hydrogen) atoms. The van der Waals surface area contributed by atoms with Crippen LogP contribution in [-0.2, 0) is 24.3 Å². The monoisotopic (exact) mass is 206 g/mol. The molecule has 51 valence electrons. The molecule has 3 nitrogen and oxygen atoms in total. The van der Waals surface area contributed by atoms with E-state index in [9.17, 15) is 4.79 Å². The van der Waals surface area contributed by atoms with Gasteiger partial charge in [-0.25, -0.2) is 0 Å². The first-order valence-corrected chi connectivity index (χ1v) is 2.17. The van der Waals surface area contributed by atoms with Crippen LogP contribution in [0.3, 0.4) is 0 Å². The fourth-order valence-corrected chi connectivity index (χ4v) is 0.175. The van der Waals surface area contributed by atoms with Crippen molar-refractivity contribution in [3.8, 4) is 0 Å². The molecule has 0 aromatic rings. The number of nitrogens with two attached hydrogens (primary N) is 1. The second kappa shape index (κ2) is 5.20. The molecule has 0 saturated carbocycles. The van der Waals surface area contributed by atoms with Crippen LogP contribution in [0.5, 0.6) is 0 Å². The molecule has 0 saturated heterocycles. The van der Waals surface area contributed by atoms with Gasteiger partial charge in [-0.2, -0.15) is 0 Å². The first kappa shape index (κ1) is 10.9. The molecule has 0 spiro atoms. The Labute approximate surface area is 61.0 Å². The zero-order chi connectivity index (χ0) is 5.86. The quantitative estimate of drug-likeness (QED) is 0.615. The summed E-state index contributed by atoms with van der Waals surface area (Å²) in [7, 11) is 0. The van der Waals surface area contributed by atoms with E-state index in [0.29, 0.717) is 6.42 Å². The minimum absolute atomic E-state index is 0. The molecule has 0 aromatic heterocycles. The van der Waals surface area contributed by atoms with Crippen LogP contribution in [0.2, 0.25) is 0 Å². The van der Waals surface area contributed by atoms with E-state index in [2.05, 4.69) is 0 Å². The summed E-state index contributed by atoms with van der Waals surface area (Å²) < 4.78 is 0. The van der Waals surface area contributed by atoms with Gasteiger partial charge >= 0.3 is 5.97 Å². The Morgan fingerprint density at radius 3 is 2.25 bits per heavy atom. The van der Waals surface area contributed by atoms with Crippen molar-refractivity contribution in [2.45, 2.75) is 19.4 Å². The van der Waals surface area contributed by atoms with Crippen LogP contribution in [0.15, 0.2) is 0 Å². The van der Waals surface area contributed by atoms with Gasteiger partial charge in [-0.3, -0.25) is 4.79 Å². The molecule has 0 aliphatic rings. The molecule has 0 heterocycles. The van der Waals surface area contributed by atoms with Crippen molar-refractivity contribution in [1.29, 1.82) is 0 Å². The average Bonchev–Trinajstić information content (AvgIpc) is 1.65. The summed E-state index contributed by atoms with van der Waals surface area (Å²) in [6, 6.07) is -0.681. The summed E-state index contributed by atoms with van der Waals surface area (Å²) >= 11 is 0.